The van der Waals surface area contributed by atoms with Gasteiger partial charge in [-0.05, 0) is 49.1 Å². The smallest absolute Gasteiger partial charge is 0.235 e. The number of carbonyl (C=O) groups is 1. The standard InChI is InChI=1S/C26H25FN6OS/c1-4-18-5-9-20(10-6-18)24-30-26(32-31-24)35-15-23(34)29-25-22(13-28)16(2)17(3)33(25)14-19-7-11-21(27)12-8-19/h5-12H,4,14-15H2,1-3H3,(H,29,34)(H,30,31,32). The molecule has 0 radical (unpaired) electrons. The molecule has 2 N–H and O–H groups in total. The molecule has 0 saturated carbocycles. The third kappa shape index (κ3) is 5.44. The monoisotopic (exact) mass is 488 g/mol. The van der Waals surface area contributed by atoms with E-state index in [1.165, 1.54) is 29.5 Å². The quantitative estimate of drug-likeness (QED) is 0.330. The summed E-state index contributed by atoms with van der Waals surface area (Å²) < 4.78 is 15.2. The lowest BCUT2D eigenvalue weighted by atomic mass is 10.1. The molecule has 0 aliphatic carbocycles. The van der Waals surface area contributed by atoms with Crippen LogP contribution in [0.3, 0.4) is 0 Å². The molecule has 1 amide bonds. The summed E-state index contributed by atoms with van der Waals surface area (Å²) in [7, 11) is 0. The first-order chi connectivity index (χ1) is 16.9. The molecule has 0 saturated heterocycles. The number of nitrogens with zero attached hydrogens (tertiary/aromatic N) is 4. The molecule has 35 heavy (non-hydrogen) atoms. The van der Waals surface area contributed by atoms with Gasteiger partial charge in [0.1, 0.15) is 17.7 Å². The van der Waals surface area contributed by atoms with Crippen LogP contribution in [0.25, 0.3) is 11.4 Å². The zero-order valence-corrected chi connectivity index (χ0v) is 20.5. The Hall–Kier alpha value is -3.90. The molecule has 4 rings (SSSR count). The zero-order valence-electron chi connectivity index (χ0n) is 19.7. The highest BCUT2D eigenvalue weighted by Gasteiger charge is 2.20. The van der Waals surface area contributed by atoms with Crippen molar-refractivity contribution in [2.75, 3.05) is 11.1 Å². The van der Waals surface area contributed by atoms with Gasteiger partial charge in [-0.15, -0.1) is 5.10 Å². The average Bonchev–Trinajstić information content (AvgIpc) is 3.43. The molecule has 0 bridgehead atoms. The van der Waals surface area contributed by atoms with Crippen molar-refractivity contribution in [3.63, 3.8) is 0 Å². The van der Waals surface area contributed by atoms with Gasteiger partial charge in [0.15, 0.2) is 5.82 Å². The number of halogens is 1. The highest BCUT2D eigenvalue weighted by atomic mass is 32.2. The molecule has 2 aromatic carbocycles. The number of hydrogen-bond acceptors (Lipinski definition) is 5. The van der Waals surface area contributed by atoms with E-state index in [1.807, 2.05) is 30.5 Å². The van der Waals surface area contributed by atoms with Crippen LogP contribution in [0, 0.1) is 31.0 Å². The Morgan fingerprint density at radius 3 is 2.49 bits per heavy atom. The first kappa shape index (κ1) is 24.2. The highest BCUT2D eigenvalue weighted by molar-refractivity contribution is 7.99. The van der Waals surface area contributed by atoms with E-state index in [1.54, 1.807) is 12.1 Å². The molecule has 7 nitrogen and oxygen atoms in total. The van der Waals surface area contributed by atoms with Crippen LogP contribution in [0.15, 0.2) is 53.7 Å². The van der Waals surface area contributed by atoms with Crippen LogP contribution < -0.4 is 5.32 Å². The fourth-order valence-electron chi connectivity index (χ4n) is 3.74. The van der Waals surface area contributed by atoms with Gasteiger partial charge in [-0.3, -0.25) is 9.89 Å². The SMILES string of the molecule is CCc1ccc(-c2nc(SCC(=O)Nc3c(C#N)c(C)c(C)n3Cc3ccc(F)cc3)n[nH]2)cc1. The van der Waals surface area contributed by atoms with Crippen molar-refractivity contribution in [2.24, 2.45) is 0 Å². The van der Waals surface area contributed by atoms with Gasteiger partial charge >= 0.3 is 0 Å². The number of nitriles is 1. The zero-order chi connectivity index (χ0) is 24.9. The Balaban J connectivity index is 1.46. The summed E-state index contributed by atoms with van der Waals surface area (Å²) in [5.41, 5.74) is 5.10. The van der Waals surface area contributed by atoms with E-state index in [9.17, 15) is 14.4 Å². The van der Waals surface area contributed by atoms with Crippen LogP contribution in [-0.2, 0) is 17.8 Å². The molecule has 0 aliphatic rings. The van der Waals surface area contributed by atoms with Gasteiger partial charge in [0.25, 0.3) is 0 Å². The molecule has 2 aromatic heterocycles. The summed E-state index contributed by atoms with van der Waals surface area (Å²) in [4.78, 5) is 17.3. The van der Waals surface area contributed by atoms with Gasteiger partial charge in [-0.1, -0.05) is 55.1 Å². The van der Waals surface area contributed by atoms with E-state index < -0.39 is 0 Å². The van der Waals surface area contributed by atoms with E-state index >= 15 is 0 Å². The second-order valence-electron chi connectivity index (χ2n) is 8.11. The summed E-state index contributed by atoms with van der Waals surface area (Å²) >= 11 is 1.21. The minimum Gasteiger partial charge on any atom is -0.326 e. The van der Waals surface area contributed by atoms with E-state index in [-0.39, 0.29) is 17.5 Å². The normalized spacial score (nSPS) is 10.8. The maximum absolute atomic E-state index is 13.3. The Morgan fingerprint density at radius 2 is 1.83 bits per heavy atom. The number of aromatic nitrogens is 4. The Kier molecular flexibility index (Phi) is 7.32. The molecule has 0 unspecified atom stereocenters. The summed E-state index contributed by atoms with van der Waals surface area (Å²) in [6.45, 7) is 6.25. The van der Waals surface area contributed by atoms with Crippen molar-refractivity contribution in [1.82, 2.24) is 19.7 Å². The Bertz CT molecular complexity index is 1380. The molecule has 4 aromatic rings. The number of nitrogens with one attached hydrogen (secondary N) is 2. The van der Waals surface area contributed by atoms with Crippen LogP contribution in [0.4, 0.5) is 10.2 Å². The van der Waals surface area contributed by atoms with Gasteiger partial charge in [-0.2, -0.15) is 5.26 Å². The number of amides is 1. The number of H-pyrrole nitrogens is 1. The van der Waals surface area contributed by atoms with Crippen molar-refractivity contribution in [3.8, 4) is 17.5 Å². The second kappa shape index (κ2) is 10.6. The van der Waals surface area contributed by atoms with Crippen LogP contribution in [-0.4, -0.2) is 31.4 Å². The number of carbonyl (C=O) groups excluding carboxylic acids is 1. The molecule has 2 heterocycles. The van der Waals surface area contributed by atoms with Crippen LogP contribution >= 0.6 is 11.8 Å². The summed E-state index contributed by atoms with van der Waals surface area (Å²) in [5, 5.41) is 20.2. The predicted octanol–water partition coefficient (Wildman–Crippen LogP) is 5.24. The second-order valence-corrected chi connectivity index (χ2v) is 9.05. The van der Waals surface area contributed by atoms with Gasteiger partial charge in [0.2, 0.25) is 11.1 Å². The van der Waals surface area contributed by atoms with Gasteiger partial charge in [-0.25, -0.2) is 9.37 Å². The molecule has 9 heteroatoms. The summed E-state index contributed by atoms with van der Waals surface area (Å²) in [6.07, 6.45) is 0.965. The maximum atomic E-state index is 13.3. The molecule has 0 spiro atoms. The highest BCUT2D eigenvalue weighted by Crippen LogP contribution is 2.28. The molecule has 0 aliphatic heterocycles. The van der Waals surface area contributed by atoms with E-state index in [0.717, 1.165) is 28.8 Å². The van der Waals surface area contributed by atoms with E-state index in [2.05, 4.69) is 45.6 Å². The van der Waals surface area contributed by atoms with E-state index in [0.29, 0.717) is 28.9 Å². The fourth-order valence-corrected chi connectivity index (χ4v) is 4.34. The number of anilines is 1. The van der Waals surface area contributed by atoms with Gasteiger partial charge in [0, 0.05) is 17.8 Å². The minimum absolute atomic E-state index is 0.0801. The number of aromatic amines is 1. The number of hydrogen-bond donors (Lipinski definition) is 2. The number of aryl methyl sites for hydroxylation is 1. The van der Waals surface area contributed by atoms with Crippen LogP contribution in [0.2, 0.25) is 0 Å². The van der Waals surface area contributed by atoms with Crippen molar-refractivity contribution in [3.05, 3.63) is 82.3 Å². The lowest BCUT2D eigenvalue weighted by molar-refractivity contribution is -0.113. The third-order valence-electron chi connectivity index (χ3n) is 5.89. The number of rotatable bonds is 8. The summed E-state index contributed by atoms with van der Waals surface area (Å²) in [6, 6.07) is 16.4. The van der Waals surface area contributed by atoms with Crippen molar-refractivity contribution >= 4 is 23.5 Å². The largest absolute Gasteiger partial charge is 0.326 e. The lowest BCUT2D eigenvalue weighted by Crippen LogP contribution is -2.18. The van der Waals surface area contributed by atoms with E-state index in [4.69, 9.17) is 0 Å². The molecule has 0 atom stereocenters. The predicted molar refractivity (Wildman–Crippen MR) is 135 cm³/mol. The first-order valence-corrected chi connectivity index (χ1v) is 12.2. The van der Waals surface area contributed by atoms with Crippen molar-refractivity contribution in [2.45, 2.75) is 38.9 Å². The number of benzene rings is 2. The fraction of sp³-hybridized carbons (Fsp3) is 0.231. The molecular formula is C26H25FN6OS. The molecule has 0 fully saturated rings. The summed E-state index contributed by atoms with van der Waals surface area (Å²) in [5.74, 6) is 0.566. The first-order valence-electron chi connectivity index (χ1n) is 11.2. The topological polar surface area (TPSA) is 99.4 Å². The molecule has 178 valence electrons. The molecular weight excluding hydrogens is 463 g/mol. The Labute approximate surface area is 207 Å². The van der Waals surface area contributed by atoms with Crippen LogP contribution in [0.5, 0.6) is 0 Å². The third-order valence-corrected chi connectivity index (χ3v) is 6.73. The average molecular weight is 489 g/mol. The van der Waals surface area contributed by atoms with Gasteiger partial charge in [0.05, 0.1) is 11.3 Å². The Morgan fingerprint density at radius 1 is 1.14 bits per heavy atom. The van der Waals surface area contributed by atoms with Crippen molar-refractivity contribution < 1.29 is 9.18 Å². The maximum Gasteiger partial charge on any atom is 0.235 e. The minimum atomic E-state index is -0.314. The number of thioether (sulfide) groups is 1. The van der Waals surface area contributed by atoms with Gasteiger partial charge < -0.3 is 9.88 Å². The van der Waals surface area contributed by atoms with Crippen molar-refractivity contribution in [1.29, 1.82) is 5.26 Å². The van der Waals surface area contributed by atoms with Crippen LogP contribution in [0.1, 0.15) is 34.9 Å². The lowest BCUT2D eigenvalue weighted by Gasteiger charge is -2.13.